The third kappa shape index (κ3) is 7.23. The van der Waals surface area contributed by atoms with Crippen LogP contribution < -0.4 is 20.1 Å². The minimum absolute atomic E-state index is 0.585. The summed E-state index contributed by atoms with van der Waals surface area (Å²) in [6.07, 6.45) is 0. The Labute approximate surface area is 226 Å². The molecule has 0 saturated heterocycles. The minimum atomic E-state index is 0.585. The van der Waals surface area contributed by atoms with E-state index in [1.54, 1.807) is 7.11 Å². The van der Waals surface area contributed by atoms with Crippen molar-refractivity contribution in [3.63, 3.8) is 0 Å². The Bertz CT molecular complexity index is 1290. The molecular formula is C32H39NO5. The molecule has 0 spiro atoms. The van der Waals surface area contributed by atoms with Gasteiger partial charge in [-0.3, -0.25) is 0 Å². The van der Waals surface area contributed by atoms with Crippen LogP contribution in [0, 0.1) is 6.92 Å². The summed E-state index contributed by atoms with van der Waals surface area (Å²) in [5, 5.41) is 2.01. The van der Waals surface area contributed by atoms with Gasteiger partial charge in [-0.1, -0.05) is 43.0 Å². The van der Waals surface area contributed by atoms with Crippen LogP contribution in [0.1, 0.15) is 23.6 Å². The number of methoxy groups -OCH3 is 1. The number of nitrogens with zero attached hydrogens (tertiary/aromatic N) is 1. The van der Waals surface area contributed by atoms with E-state index in [-0.39, 0.29) is 0 Å². The molecule has 3 aromatic carbocycles. The summed E-state index contributed by atoms with van der Waals surface area (Å²) in [4.78, 5) is 2.30. The molecule has 0 aliphatic carbocycles. The highest BCUT2D eigenvalue weighted by molar-refractivity contribution is 5.85. The minimum Gasteiger partial charge on any atom is -0.456 e. The van der Waals surface area contributed by atoms with Gasteiger partial charge in [-0.05, 0) is 54.5 Å². The second kappa shape index (κ2) is 14.1. The topological polar surface area (TPSA) is 49.4 Å². The summed E-state index contributed by atoms with van der Waals surface area (Å²) >= 11 is 0. The van der Waals surface area contributed by atoms with Crippen molar-refractivity contribution in [1.29, 1.82) is 0 Å². The number of rotatable bonds is 15. The Morgan fingerprint density at radius 1 is 0.763 bits per heavy atom. The SMILES string of the molecule is C=c1ccc2c(c1)Oc1cc(C)ccc1C=2c1ccc(N(CCOCCOC)CCOCCOCC)cc1. The molecule has 6 nitrogen and oxygen atoms in total. The molecule has 0 saturated carbocycles. The van der Waals surface area contributed by atoms with Gasteiger partial charge in [0.1, 0.15) is 11.5 Å². The van der Waals surface area contributed by atoms with Gasteiger partial charge < -0.3 is 28.6 Å². The number of hydrogen-bond acceptors (Lipinski definition) is 6. The zero-order chi connectivity index (χ0) is 26.7. The van der Waals surface area contributed by atoms with Crippen molar-refractivity contribution in [1.82, 2.24) is 0 Å². The van der Waals surface area contributed by atoms with E-state index in [0.717, 1.165) is 51.8 Å². The van der Waals surface area contributed by atoms with Crippen molar-refractivity contribution in [3.05, 3.63) is 87.8 Å². The van der Waals surface area contributed by atoms with E-state index in [9.17, 15) is 0 Å². The largest absolute Gasteiger partial charge is 0.456 e. The smallest absolute Gasteiger partial charge is 0.135 e. The Hall–Kier alpha value is -3.16. The van der Waals surface area contributed by atoms with E-state index >= 15 is 0 Å². The van der Waals surface area contributed by atoms with Gasteiger partial charge >= 0.3 is 0 Å². The predicted molar refractivity (Wildman–Crippen MR) is 153 cm³/mol. The molecule has 4 rings (SSSR count). The summed E-state index contributed by atoms with van der Waals surface area (Å²) in [6, 6.07) is 21.3. The van der Waals surface area contributed by atoms with E-state index in [1.807, 2.05) is 19.1 Å². The third-order valence-corrected chi connectivity index (χ3v) is 6.48. The normalized spacial score (nSPS) is 12.1. The fourth-order valence-electron chi connectivity index (χ4n) is 4.52. The molecule has 0 amide bonds. The molecule has 1 heterocycles. The first-order valence-corrected chi connectivity index (χ1v) is 13.3. The molecule has 202 valence electrons. The number of anilines is 1. The molecule has 0 radical (unpaired) electrons. The number of fused-ring (bicyclic) bond motifs is 2. The third-order valence-electron chi connectivity index (χ3n) is 6.48. The number of aryl methyl sites for hydroxylation is 1. The maximum absolute atomic E-state index is 6.29. The lowest BCUT2D eigenvalue weighted by Gasteiger charge is -2.26. The zero-order valence-corrected chi connectivity index (χ0v) is 22.8. The number of benzene rings is 3. The molecule has 0 N–H and O–H groups in total. The van der Waals surface area contributed by atoms with Crippen LogP contribution in [0.2, 0.25) is 0 Å². The van der Waals surface area contributed by atoms with Crippen LogP contribution in [0.5, 0.6) is 11.5 Å². The first kappa shape index (κ1) is 27.9. The van der Waals surface area contributed by atoms with Crippen molar-refractivity contribution < 1.29 is 23.7 Å². The summed E-state index contributed by atoms with van der Waals surface area (Å²) in [7, 11) is 1.68. The van der Waals surface area contributed by atoms with Crippen LogP contribution in [0.25, 0.3) is 12.2 Å². The molecule has 0 fully saturated rings. The lowest BCUT2D eigenvalue weighted by atomic mass is 9.92. The molecule has 0 bridgehead atoms. The first-order chi connectivity index (χ1) is 18.6. The molecule has 0 unspecified atom stereocenters. The average molecular weight is 518 g/mol. The summed E-state index contributed by atoms with van der Waals surface area (Å²) < 4.78 is 28.3. The van der Waals surface area contributed by atoms with Crippen molar-refractivity contribution in [2.75, 3.05) is 71.3 Å². The highest BCUT2D eigenvalue weighted by Crippen LogP contribution is 2.36. The summed E-state index contributed by atoms with van der Waals surface area (Å²) in [5.41, 5.74) is 5.70. The Balaban J connectivity index is 1.57. The summed E-state index contributed by atoms with van der Waals surface area (Å²) in [5.74, 6) is 1.72. The second-order valence-corrected chi connectivity index (χ2v) is 9.26. The first-order valence-electron chi connectivity index (χ1n) is 13.3. The maximum atomic E-state index is 6.29. The Kier molecular flexibility index (Phi) is 10.4. The van der Waals surface area contributed by atoms with Crippen molar-refractivity contribution in [2.24, 2.45) is 0 Å². The lowest BCUT2D eigenvalue weighted by Crippen LogP contribution is -2.31. The predicted octanol–water partition coefficient (Wildman–Crippen LogP) is 4.28. The Morgan fingerprint density at radius 3 is 2.18 bits per heavy atom. The van der Waals surface area contributed by atoms with Crippen molar-refractivity contribution in [2.45, 2.75) is 13.8 Å². The lowest BCUT2D eigenvalue weighted by molar-refractivity contribution is 0.0540. The fourth-order valence-corrected chi connectivity index (χ4v) is 4.52. The summed E-state index contributed by atoms with van der Waals surface area (Å²) in [6.45, 7) is 14.0. The molecule has 1 aliphatic rings. The fraction of sp³-hybridized carbons (Fsp3) is 0.375. The van der Waals surface area contributed by atoms with Crippen molar-refractivity contribution >= 4 is 17.8 Å². The van der Waals surface area contributed by atoms with Gasteiger partial charge in [-0.25, -0.2) is 0 Å². The monoisotopic (exact) mass is 517 g/mol. The zero-order valence-electron chi connectivity index (χ0n) is 22.8. The van der Waals surface area contributed by atoms with E-state index in [4.69, 9.17) is 23.7 Å². The average Bonchev–Trinajstić information content (AvgIpc) is 2.92. The molecule has 6 heteroatoms. The molecule has 1 aliphatic heterocycles. The van der Waals surface area contributed by atoms with Crippen LogP contribution >= 0.6 is 0 Å². The van der Waals surface area contributed by atoms with Gasteiger partial charge in [0, 0.05) is 48.8 Å². The van der Waals surface area contributed by atoms with E-state index in [2.05, 4.69) is 66.9 Å². The molecular weight excluding hydrogens is 478 g/mol. The molecule has 3 aromatic rings. The number of hydrogen-bond donors (Lipinski definition) is 0. The second-order valence-electron chi connectivity index (χ2n) is 9.26. The van der Waals surface area contributed by atoms with Crippen LogP contribution in [-0.2, 0) is 18.9 Å². The van der Waals surface area contributed by atoms with Crippen LogP contribution in [-0.4, -0.2) is 66.4 Å². The van der Waals surface area contributed by atoms with E-state index in [1.165, 1.54) is 11.1 Å². The van der Waals surface area contributed by atoms with Gasteiger partial charge in [0.15, 0.2) is 0 Å². The van der Waals surface area contributed by atoms with E-state index < -0.39 is 0 Å². The highest BCUT2D eigenvalue weighted by Gasteiger charge is 2.20. The van der Waals surface area contributed by atoms with Gasteiger partial charge in [0.05, 0.1) is 39.6 Å². The standard InChI is InChI=1S/C32H39NO5/c1-5-35-20-21-37-17-15-33(14-16-36-19-18-34-4)27-10-8-26(9-11-27)32-28-12-6-24(2)22-30(28)38-31-23-25(3)7-13-29(31)32/h6-13,22-23H,2,5,14-21H2,1,3-4H3. The van der Waals surface area contributed by atoms with E-state index in [0.29, 0.717) is 46.2 Å². The van der Waals surface area contributed by atoms with Gasteiger partial charge in [0.25, 0.3) is 0 Å². The molecule has 38 heavy (non-hydrogen) atoms. The maximum Gasteiger partial charge on any atom is 0.135 e. The van der Waals surface area contributed by atoms with Crippen LogP contribution in [0.15, 0.2) is 60.7 Å². The van der Waals surface area contributed by atoms with Gasteiger partial charge in [-0.2, -0.15) is 0 Å². The Morgan fingerprint density at radius 2 is 1.47 bits per heavy atom. The number of ether oxygens (including phenoxy) is 5. The molecule has 0 aromatic heterocycles. The van der Waals surface area contributed by atoms with Crippen molar-refractivity contribution in [3.8, 4) is 11.5 Å². The van der Waals surface area contributed by atoms with Crippen LogP contribution in [0.3, 0.4) is 0 Å². The highest BCUT2D eigenvalue weighted by atomic mass is 16.5. The van der Waals surface area contributed by atoms with Gasteiger partial charge in [-0.15, -0.1) is 0 Å². The molecule has 0 atom stereocenters. The quantitative estimate of drug-likeness (QED) is 0.220. The van der Waals surface area contributed by atoms with Crippen LogP contribution in [0.4, 0.5) is 5.69 Å². The van der Waals surface area contributed by atoms with Gasteiger partial charge in [0.2, 0.25) is 0 Å².